The summed E-state index contributed by atoms with van der Waals surface area (Å²) in [6.07, 6.45) is 7.78. The van der Waals surface area contributed by atoms with Gasteiger partial charge in [-0.05, 0) is 48.9 Å². The quantitative estimate of drug-likeness (QED) is 0.586. The molecular weight excluding hydrogens is 216 g/mol. The number of ether oxygens (including phenoxy) is 1. The van der Waals surface area contributed by atoms with Gasteiger partial charge in [0, 0.05) is 13.0 Å². The minimum absolute atomic E-state index is 0.250. The third-order valence-corrected chi connectivity index (χ3v) is 6.04. The highest BCUT2D eigenvalue weighted by molar-refractivity contribution is 5.79. The van der Waals surface area contributed by atoms with Gasteiger partial charge in [-0.2, -0.15) is 0 Å². The zero-order valence-corrected chi connectivity index (χ0v) is 10.0. The normalized spacial score (nSPS) is 57.7. The van der Waals surface area contributed by atoms with Gasteiger partial charge in [0.05, 0.1) is 0 Å². The maximum Gasteiger partial charge on any atom is 0.336 e. The van der Waals surface area contributed by atoms with Crippen LogP contribution in [0.3, 0.4) is 0 Å². The predicted octanol–water partition coefficient (Wildman–Crippen LogP) is 1.93. The molecule has 3 nitrogen and oxygen atoms in total. The third-order valence-electron chi connectivity index (χ3n) is 6.04. The van der Waals surface area contributed by atoms with Gasteiger partial charge in [0.2, 0.25) is 0 Å². The maximum absolute atomic E-state index is 11.6. The van der Waals surface area contributed by atoms with Gasteiger partial charge in [0.15, 0.2) is 5.60 Å². The molecule has 92 valence electrons. The van der Waals surface area contributed by atoms with Crippen molar-refractivity contribution < 1.29 is 14.6 Å². The summed E-state index contributed by atoms with van der Waals surface area (Å²) in [6, 6.07) is 0. The number of aliphatic carboxylic acids is 1. The van der Waals surface area contributed by atoms with Crippen molar-refractivity contribution in [1.82, 2.24) is 0 Å². The highest BCUT2D eigenvalue weighted by atomic mass is 16.5. The number of carboxylic acids is 1. The first-order valence-corrected chi connectivity index (χ1v) is 6.64. The summed E-state index contributed by atoms with van der Waals surface area (Å²) >= 11 is 0. The van der Waals surface area contributed by atoms with Gasteiger partial charge in [-0.3, -0.25) is 0 Å². The van der Waals surface area contributed by atoms with Crippen LogP contribution in [0.25, 0.3) is 0 Å². The van der Waals surface area contributed by atoms with Crippen LogP contribution >= 0.6 is 0 Å². The number of fused-ring (bicyclic) bond motifs is 9. The maximum atomic E-state index is 11.6. The summed E-state index contributed by atoms with van der Waals surface area (Å²) < 4.78 is 5.49. The van der Waals surface area contributed by atoms with Gasteiger partial charge >= 0.3 is 5.97 Å². The zero-order chi connectivity index (χ0) is 11.8. The van der Waals surface area contributed by atoms with Gasteiger partial charge in [-0.1, -0.05) is 12.2 Å². The van der Waals surface area contributed by atoms with Crippen molar-refractivity contribution in [3.63, 3.8) is 0 Å². The second-order valence-electron chi connectivity index (χ2n) is 6.31. The second kappa shape index (κ2) is 2.94. The highest BCUT2D eigenvalue weighted by Gasteiger charge is 2.68. The standard InChI is InChI=1S/C14H18O3/c1-17-14(13(15)16)6-9-5-10(14)12-8-3-2-7(4-8)11(9)12/h2-3,7-12H,4-6H2,1H3,(H,15,16). The number of allylic oxidation sites excluding steroid dienone is 2. The lowest BCUT2D eigenvalue weighted by Gasteiger charge is -2.41. The molecule has 0 radical (unpaired) electrons. The Hall–Kier alpha value is -0.830. The summed E-state index contributed by atoms with van der Waals surface area (Å²) in [5.74, 6) is 2.81. The van der Waals surface area contributed by atoms with E-state index in [1.807, 2.05) is 0 Å². The number of carbonyl (C=O) groups is 1. The lowest BCUT2D eigenvalue weighted by Crippen LogP contribution is -2.51. The minimum atomic E-state index is -0.871. The lowest BCUT2D eigenvalue weighted by atomic mass is 9.67. The molecule has 17 heavy (non-hydrogen) atoms. The fourth-order valence-electron chi connectivity index (χ4n) is 5.60. The van der Waals surface area contributed by atoms with Crippen molar-refractivity contribution in [2.75, 3.05) is 7.11 Å². The summed E-state index contributed by atoms with van der Waals surface area (Å²) in [6.45, 7) is 0. The Balaban J connectivity index is 1.75. The number of hydrogen-bond donors (Lipinski definition) is 1. The van der Waals surface area contributed by atoms with Crippen LogP contribution in [-0.4, -0.2) is 23.8 Å². The van der Waals surface area contributed by atoms with Crippen molar-refractivity contribution in [2.24, 2.45) is 35.5 Å². The van der Waals surface area contributed by atoms with Gasteiger partial charge in [0.25, 0.3) is 0 Å². The minimum Gasteiger partial charge on any atom is -0.479 e. The van der Waals surface area contributed by atoms with Crippen molar-refractivity contribution in [3.05, 3.63) is 12.2 Å². The molecule has 0 heterocycles. The first-order chi connectivity index (χ1) is 8.17. The number of rotatable bonds is 2. The number of methoxy groups -OCH3 is 1. The molecule has 4 bridgehead atoms. The lowest BCUT2D eigenvalue weighted by molar-refractivity contribution is -0.174. The van der Waals surface area contributed by atoms with E-state index in [1.54, 1.807) is 7.11 Å². The Morgan fingerprint density at radius 1 is 1.29 bits per heavy atom. The molecule has 0 aromatic heterocycles. The largest absolute Gasteiger partial charge is 0.479 e. The Morgan fingerprint density at radius 3 is 2.65 bits per heavy atom. The van der Waals surface area contributed by atoms with Gasteiger partial charge in [-0.25, -0.2) is 4.79 Å². The summed E-state index contributed by atoms with van der Waals surface area (Å²) in [5.41, 5.74) is -0.871. The van der Waals surface area contributed by atoms with Crippen LogP contribution in [0.1, 0.15) is 19.3 Å². The van der Waals surface area contributed by atoms with Crippen LogP contribution in [0.4, 0.5) is 0 Å². The SMILES string of the molecule is COC1(C(=O)O)CC2CC1C1C3C=CC(C3)C21. The van der Waals surface area contributed by atoms with E-state index in [2.05, 4.69) is 12.2 Å². The molecule has 4 rings (SSSR count). The van der Waals surface area contributed by atoms with Gasteiger partial charge in [0.1, 0.15) is 0 Å². The molecule has 3 saturated carbocycles. The van der Waals surface area contributed by atoms with E-state index in [1.165, 1.54) is 6.42 Å². The van der Waals surface area contributed by atoms with Crippen molar-refractivity contribution in [1.29, 1.82) is 0 Å². The zero-order valence-electron chi connectivity index (χ0n) is 10.0. The molecule has 7 unspecified atom stereocenters. The highest BCUT2D eigenvalue weighted by Crippen LogP contribution is 2.68. The molecule has 0 aromatic carbocycles. The number of carboxylic acid groups (broad SMARTS) is 1. The van der Waals surface area contributed by atoms with Crippen LogP contribution in [-0.2, 0) is 9.53 Å². The van der Waals surface area contributed by atoms with E-state index in [0.29, 0.717) is 17.8 Å². The molecule has 0 aliphatic heterocycles. The monoisotopic (exact) mass is 234 g/mol. The summed E-state index contributed by atoms with van der Waals surface area (Å²) in [5, 5.41) is 9.53. The van der Waals surface area contributed by atoms with Crippen molar-refractivity contribution in [2.45, 2.75) is 24.9 Å². The molecular formula is C14H18O3. The van der Waals surface area contributed by atoms with E-state index in [-0.39, 0.29) is 5.92 Å². The molecule has 0 aromatic rings. The van der Waals surface area contributed by atoms with Crippen LogP contribution < -0.4 is 0 Å². The molecule has 1 N–H and O–H groups in total. The number of hydrogen-bond acceptors (Lipinski definition) is 2. The van der Waals surface area contributed by atoms with Crippen molar-refractivity contribution in [3.8, 4) is 0 Å². The Morgan fingerprint density at radius 2 is 2.00 bits per heavy atom. The van der Waals surface area contributed by atoms with E-state index in [0.717, 1.165) is 24.7 Å². The third kappa shape index (κ3) is 0.967. The van der Waals surface area contributed by atoms with E-state index >= 15 is 0 Å². The molecule has 3 heteroatoms. The molecule has 0 saturated heterocycles. The smallest absolute Gasteiger partial charge is 0.336 e. The van der Waals surface area contributed by atoms with Gasteiger partial charge in [-0.15, -0.1) is 0 Å². The fourth-order valence-corrected chi connectivity index (χ4v) is 5.60. The van der Waals surface area contributed by atoms with Crippen LogP contribution in [0.15, 0.2) is 12.2 Å². The predicted molar refractivity (Wildman–Crippen MR) is 61.3 cm³/mol. The van der Waals surface area contributed by atoms with E-state index < -0.39 is 11.6 Å². The molecule has 3 fully saturated rings. The topological polar surface area (TPSA) is 46.5 Å². The molecule has 4 aliphatic carbocycles. The fraction of sp³-hybridized carbons (Fsp3) is 0.786. The van der Waals surface area contributed by atoms with Crippen LogP contribution in [0.2, 0.25) is 0 Å². The molecule has 0 spiro atoms. The average Bonchev–Trinajstić information content (AvgIpc) is 3.05. The summed E-state index contributed by atoms with van der Waals surface area (Å²) in [4.78, 5) is 11.6. The summed E-state index contributed by atoms with van der Waals surface area (Å²) in [7, 11) is 1.58. The van der Waals surface area contributed by atoms with Crippen molar-refractivity contribution >= 4 is 5.97 Å². The van der Waals surface area contributed by atoms with Gasteiger partial charge < -0.3 is 9.84 Å². The average molecular weight is 234 g/mol. The molecule has 4 aliphatic rings. The first kappa shape index (κ1) is 10.1. The molecule has 0 amide bonds. The molecule has 7 atom stereocenters. The Bertz CT molecular complexity index is 416. The first-order valence-electron chi connectivity index (χ1n) is 6.64. The second-order valence-corrected chi connectivity index (χ2v) is 6.31. The van der Waals surface area contributed by atoms with E-state index in [9.17, 15) is 9.90 Å². The van der Waals surface area contributed by atoms with Crippen LogP contribution in [0.5, 0.6) is 0 Å². The van der Waals surface area contributed by atoms with Crippen LogP contribution in [0, 0.1) is 35.5 Å². The Labute approximate surface area is 101 Å². The Kier molecular flexibility index (Phi) is 1.75. The van der Waals surface area contributed by atoms with E-state index in [4.69, 9.17) is 4.74 Å².